The fourth-order valence-electron chi connectivity index (χ4n) is 3.64. The predicted octanol–water partition coefficient (Wildman–Crippen LogP) is 4.18. The fourth-order valence-corrected chi connectivity index (χ4v) is 6.02. The highest BCUT2D eigenvalue weighted by Crippen LogP contribution is 2.23. The van der Waals surface area contributed by atoms with E-state index in [-0.39, 0.29) is 35.0 Å². The summed E-state index contributed by atoms with van der Waals surface area (Å²) in [5.41, 5.74) is 0.472. The number of nitrogens with one attached hydrogen (secondary N) is 1. The number of β-amino-alcohol motifs (C(OH)–C–C–N with tert-alkyl or cyclic N) is 1. The summed E-state index contributed by atoms with van der Waals surface area (Å²) in [6, 6.07) is 8.70. The Hall–Kier alpha value is -1.49. The van der Waals surface area contributed by atoms with Gasteiger partial charge in [-0.05, 0) is 81.2 Å². The molecule has 0 spiro atoms. The van der Waals surface area contributed by atoms with Gasteiger partial charge in [0, 0.05) is 42.0 Å². The van der Waals surface area contributed by atoms with Crippen LogP contribution in [0.5, 0.6) is 0 Å². The molecule has 34 heavy (non-hydrogen) atoms. The molecule has 3 N–H and O–H groups in total. The Labute approximate surface area is 211 Å². The zero-order chi connectivity index (χ0) is 25.4. The van der Waals surface area contributed by atoms with Crippen molar-refractivity contribution in [3.8, 4) is 0 Å². The van der Waals surface area contributed by atoms with Crippen LogP contribution in [0.15, 0.2) is 40.6 Å². The van der Waals surface area contributed by atoms with Crippen LogP contribution in [0.4, 0.5) is 0 Å². The maximum Gasteiger partial charge on any atom is 0.303 e. The molecule has 2 rings (SSSR count). The van der Waals surface area contributed by atoms with Gasteiger partial charge in [-0.3, -0.25) is 4.79 Å². The molecule has 1 heterocycles. The van der Waals surface area contributed by atoms with Gasteiger partial charge in [0.05, 0.1) is 11.0 Å². The molecular weight excluding hydrogens is 496 g/mol. The Morgan fingerprint density at radius 1 is 1.24 bits per heavy atom. The Morgan fingerprint density at radius 3 is 2.62 bits per heavy atom. The first-order valence-electron chi connectivity index (χ1n) is 11.3. The Kier molecular flexibility index (Phi) is 11.0. The highest BCUT2D eigenvalue weighted by molar-refractivity contribution is 7.89. The van der Waals surface area contributed by atoms with Gasteiger partial charge < -0.3 is 15.5 Å². The number of carboxylic acids is 1. The molecule has 7 nitrogen and oxygen atoms in total. The van der Waals surface area contributed by atoms with E-state index >= 15 is 0 Å². The molecule has 0 radical (unpaired) electrons. The molecule has 2 aromatic rings. The van der Waals surface area contributed by atoms with E-state index in [2.05, 4.69) is 30.6 Å². The van der Waals surface area contributed by atoms with Crippen LogP contribution in [-0.2, 0) is 27.7 Å². The monoisotopic (exact) mass is 530 g/mol. The number of carboxylic acid groups (broad SMARTS) is 1. The van der Waals surface area contributed by atoms with E-state index in [9.17, 15) is 18.3 Å². The number of aliphatic hydroxyl groups excluding tert-OH is 1. The lowest BCUT2D eigenvalue weighted by molar-refractivity contribution is -0.137. The standard InChI is InChI=1S/C24H35ClN2O5S2/c1-24(2,11-5-8-21-9-6-12-33-21)26-16-20(28)17-27(3)34(31,32)22-14-18(13-19(25)15-22)7-4-10-23(29)30/h6,9,12-15,20,26,28H,4-5,7-8,10-11,16-17H2,1-3H3,(H,29,30). The minimum Gasteiger partial charge on any atom is -0.481 e. The van der Waals surface area contributed by atoms with Gasteiger partial charge in [0.1, 0.15) is 0 Å². The van der Waals surface area contributed by atoms with E-state index < -0.39 is 22.1 Å². The molecular formula is C24H35ClN2O5S2. The molecule has 190 valence electrons. The number of halogens is 1. The number of hydrogen-bond acceptors (Lipinski definition) is 6. The maximum absolute atomic E-state index is 13.1. The summed E-state index contributed by atoms with van der Waals surface area (Å²) in [6.45, 7) is 4.35. The van der Waals surface area contributed by atoms with E-state index in [4.69, 9.17) is 16.7 Å². The van der Waals surface area contributed by atoms with Gasteiger partial charge in [0.25, 0.3) is 0 Å². The van der Waals surface area contributed by atoms with Crippen molar-refractivity contribution in [2.24, 2.45) is 0 Å². The van der Waals surface area contributed by atoms with Crippen LogP contribution >= 0.6 is 22.9 Å². The van der Waals surface area contributed by atoms with Crippen molar-refractivity contribution >= 4 is 38.9 Å². The number of aliphatic hydroxyl groups is 1. The van der Waals surface area contributed by atoms with Crippen molar-refractivity contribution in [3.05, 3.63) is 51.2 Å². The number of aliphatic carboxylic acids is 1. The summed E-state index contributed by atoms with van der Waals surface area (Å²) in [5.74, 6) is -0.900. The van der Waals surface area contributed by atoms with Gasteiger partial charge in [-0.1, -0.05) is 17.7 Å². The molecule has 0 aliphatic carbocycles. The molecule has 0 fully saturated rings. The van der Waals surface area contributed by atoms with Crippen molar-refractivity contribution in [3.63, 3.8) is 0 Å². The first-order chi connectivity index (χ1) is 15.9. The van der Waals surface area contributed by atoms with Crippen molar-refractivity contribution in [1.29, 1.82) is 0 Å². The first-order valence-corrected chi connectivity index (χ1v) is 14.0. The number of rotatable bonds is 15. The summed E-state index contributed by atoms with van der Waals surface area (Å²) < 4.78 is 27.2. The molecule has 0 aliphatic heterocycles. The smallest absolute Gasteiger partial charge is 0.303 e. The van der Waals surface area contributed by atoms with Crippen LogP contribution in [0.25, 0.3) is 0 Å². The highest BCUT2D eigenvalue weighted by atomic mass is 35.5. The molecule has 0 saturated carbocycles. The quantitative estimate of drug-likeness (QED) is 0.319. The molecule has 0 amide bonds. The number of benzene rings is 1. The first kappa shape index (κ1) is 28.7. The van der Waals surface area contributed by atoms with Crippen molar-refractivity contribution in [2.75, 3.05) is 20.1 Å². The maximum atomic E-state index is 13.1. The SMILES string of the molecule is CN(CC(O)CNC(C)(C)CCCc1cccs1)S(=O)(=O)c1cc(Cl)cc(CCCC(=O)O)c1. The second-order valence-corrected chi connectivity index (χ2v) is 12.7. The lowest BCUT2D eigenvalue weighted by atomic mass is 9.96. The van der Waals surface area contributed by atoms with Gasteiger partial charge in [-0.2, -0.15) is 4.31 Å². The van der Waals surface area contributed by atoms with Crippen LogP contribution in [-0.4, -0.2) is 60.7 Å². The molecule has 1 aromatic heterocycles. The second kappa shape index (κ2) is 13.0. The predicted molar refractivity (Wildman–Crippen MR) is 137 cm³/mol. The Morgan fingerprint density at radius 2 is 1.97 bits per heavy atom. The molecule has 0 bridgehead atoms. The summed E-state index contributed by atoms with van der Waals surface area (Å²) in [6.07, 6.45) is 2.88. The van der Waals surface area contributed by atoms with Crippen LogP contribution in [0.3, 0.4) is 0 Å². The van der Waals surface area contributed by atoms with Gasteiger partial charge in [0.2, 0.25) is 10.0 Å². The number of nitrogens with zero attached hydrogens (tertiary/aromatic N) is 1. The lowest BCUT2D eigenvalue weighted by Gasteiger charge is -2.29. The van der Waals surface area contributed by atoms with Gasteiger partial charge in [0.15, 0.2) is 0 Å². The average Bonchev–Trinajstić information content (AvgIpc) is 3.25. The van der Waals surface area contributed by atoms with Gasteiger partial charge >= 0.3 is 5.97 Å². The van der Waals surface area contributed by atoms with E-state index in [0.717, 1.165) is 23.6 Å². The van der Waals surface area contributed by atoms with E-state index in [1.165, 1.54) is 24.1 Å². The second-order valence-electron chi connectivity index (χ2n) is 9.18. The topological polar surface area (TPSA) is 107 Å². The summed E-state index contributed by atoms with van der Waals surface area (Å²) in [7, 11) is -2.44. The number of hydrogen-bond donors (Lipinski definition) is 3. The fraction of sp³-hybridized carbons (Fsp3) is 0.542. The minimum absolute atomic E-state index is 0.00191. The molecule has 0 aliphatic rings. The summed E-state index contributed by atoms with van der Waals surface area (Å²) >= 11 is 7.87. The molecule has 1 atom stereocenters. The molecule has 10 heteroatoms. The van der Waals surface area contributed by atoms with Gasteiger partial charge in [-0.15, -0.1) is 11.3 Å². The number of carbonyl (C=O) groups is 1. The largest absolute Gasteiger partial charge is 0.481 e. The summed E-state index contributed by atoms with van der Waals surface area (Å²) in [5, 5.41) is 25.0. The normalized spacial score (nSPS) is 13.4. The van der Waals surface area contributed by atoms with Gasteiger partial charge in [-0.25, -0.2) is 8.42 Å². The van der Waals surface area contributed by atoms with E-state index in [1.807, 2.05) is 6.07 Å². The third kappa shape index (κ3) is 9.64. The number of aryl methyl sites for hydroxylation is 2. The number of thiophene rings is 1. The van der Waals surface area contributed by atoms with Crippen LogP contribution in [0.2, 0.25) is 5.02 Å². The van der Waals surface area contributed by atoms with Crippen LogP contribution in [0.1, 0.15) is 50.0 Å². The van der Waals surface area contributed by atoms with Crippen LogP contribution in [0, 0.1) is 0 Å². The molecule has 0 saturated heterocycles. The van der Waals surface area contributed by atoms with E-state index in [1.54, 1.807) is 17.4 Å². The van der Waals surface area contributed by atoms with E-state index in [0.29, 0.717) is 18.4 Å². The number of sulfonamides is 1. The lowest BCUT2D eigenvalue weighted by Crippen LogP contribution is -2.46. The highest BCUT2D eigenvalue weighted by Gasteiger charge is 2.25. The van der Waals surface area contributed by atoms with Crippen molar-refractivity contribution in [2.45, 2.75) is 68.9 Å². The average molecular weight is 531 g/mol. The van der Waals surface area contributed by atoms with Crippen LogP contribution < -0.4 is 5.32 Å². The third-order valence-corrected chi connectivity index (χ3v) is 8.54. The number of likely N-dealkylation sites (N-methyl/N-ethyl adjacent to an activating group) is 1. The summed E-state index contributed by atoms with van der Waals surface area (Å²) in [4.78, 5) is 12.1. The van der Waals surface area contributed by atoms with Crippen molar-refractivity contribution < 1.29 is 23.4 Å². The zero-order valence-corrected chi connectivity index (χ0v) is 22.3. The Balaban J connectivity index is 1.89. The van der Waals surface area contributed by atoms with Crippen molar-refractivity contribution in [1.82, 2.24) is 9.62 Å². The zero-order valence-electron chi connectivity index (χ0n) is 20.0. The molecule has 1 aromatic carbocycles. The third-order valence-electron chi connectivity index (χ3n) is 5.58. The Bertz CT molecular complexity index is 1030. The minimum atomic E-state index is -3.87. The molecule has 1 unspecified atom stereocenters.